The number of rotatable bonds is 4. The van der Waals surface area contributed by atoms with Gasteiger partial charge in [0.05, 0.1) is 5.54 Å². The van der Waals surface area contributed by atoms with Gasteiger partial charge in [0.1, 0.15) is 5.01 Å². The van der Waals surface area contributed by atoms with Gasteiger partial charge in [0.25, 0.3) is 0 Å². The normalized spacial score (nSPS) is 29.5. The molecule has 96 valence electrons. The molecule has 17 heavy (non-hydrogen) atoms. The molecule has 2 rings (SSSR count). The first-order chi connectivity index (χ1) is 8.20. The summed E-state index contributed by atoms with van der Waals surface area (Å²) in [6.07, 6.45) is 7.94. The van der Waals surface area contributed by atoms with Gasteiger partial charge in [0.15, 0.2) is 0 Å². The molecule has 2 nitrogen and oxygen atoms in total. The Labute approximate surface area is 109 Å². The molecule has 1 N–H and O–H groups in total. The average molecular weight is 252 g/mol. The van der Waals surface area contributed by atoms with E-state index >= 15 is 0 Å². The number of nitrogens with one attached hydrogen (secondary N) is 1. The molecule has 0 radical (unpaired) electrons. The number of nitrogens with zero attached hydrogens (tertiary/aromatic N) is 1. The van der Waals surface area contributed by atoms with Crippen molar-refractivity contribution in [1.29, 1.82) is 0 Å². The third-order valence-electron chi connectivity index (χ3n) is 4.16. The second-order valence-electron chi connectivity index (χ2n) is 5.36. The zero-order chi connectivity index (χ0) is 12.3. The van der Waals surface area contributed by atoms with Crippen LogP contribution in [0.2, 0.25) is 0 Å². The second kappa shape index (κ2) is 5.49. The van der Waals surface area contributed by atoms with Crippen molar-refractivity contribution in [2.24, 2.45) is 5.92 Å². The van der Waals surface area contributed by atoms with Crippen LogP contribution < -0.4 is 5.32 Å². The monoisotopic (exact) mass is 252 g/mol. The SMILES string of the molecule is CCCC1CCC(NC)(c2nc(C)cs2)CC1. The van der Waals surface area contributed by atoms with E-state index in [0.717, 1.165) is 11.6 Å². The number of thiazole rings is 1. The van der Waals surface area contributed by atoms with Gasteiger partial charge in [-0.15, -0.1) is 11.3 Å². The molecule has 0 aliphatic heterocycles. The first-order valence-electron chi connectivity index (χ1n) is 6.81. The van der Waals surface area contributed by atoms with Gasteiger partial charge in [0.2, 0.25) is 0 Å². The summed E-state index contributed by atoms with van der Waals surface area (Å²) < 4.78 is 0. The molecule has 0 atom stereocenters. The summed E-state index contributed by atoms with van der Waals surface area (Å²) in [5.41, 5.74) is 1.33. The average Bonchev–Trinajstić information content (AvgIpc) is 2.78. The van der Waals surface area contributed by atoms with Crippen LogP contribution in [0.25, 0.3) is 0 Å². The molecule has 0 aromatic carbocycles. The summed E-state index contributed by atoms with van der Waals surface area (Å²) in [4.78, 5) is 4.70. The molecular formula is C14H24N2S. The predicted octanol–water partition coefficient (Wildman–Crippen LogP) is 3.86. The maximum atomic E-state index is 4.70. The van der Waals surface area contributed by atoms with Crippen LogP contribution >= 0.6 is 11.3 Å². The Kier molecular flexibility index (Phi) is 4.21. The van der Waals surface area contributed by atoms with E-state index in [0.29, 0.717) is 0 Å². The van der Waals surface area contributed by atoms with E-state index in [-0.39, 0.29) is 5.54 Å². The maximum Gasteiger partial charge on any atom is 0.113 e. The number of hydrogen-bond donors (Lipinski definition) is 1. The molecule has 0 spiro atoms. The molecule has 0 amide bonds. The zero-order valence-corrected chi connectivity index (χ0v) is 12.1. The Morgan fingerprint density at radius 2 is 2.18 bits per heavy atom. The summed E-state index contributed by atoms with van der Waals surface area (Å²) in [6, 6.07) is 0. The second-order valence-corrected chi connectivity index (χ2v) is 6.22. The molecule has 1 aromatic rings. The fourth-order valence-corrected chi connectivity index (χ4v) is 4.08. The number of hydrogen-bond acceptors (Lipinski definition) is 3. The minimum Gasteiger partial charge on any atom is -0.308 e. The lowest BCUT2D eigenvalue weighted by molar-refractivity contribution is 0.192. The van der Waals surface area contributed by atoms with Crippen molar-refractivity contribution in [2.45, 2.75) is 57.9 Å². The molecule has 0 saturated heterocycles. The predicted molar refractivity (Wildman–Crippen MR) is 74.5 cm³/mol. The molecule has 1 aliphatic rings. The van der Waals surface area contributed by atoms with Crippen LogP contribution in [0.5, 0.6) is 0 Å². The van der Waals surface area contributed by atoms with Crippen molar-refractivity contribution < 1.29 is 0 Å². The van der Waals surface area contributed by atoms with Crippen molar-refractivity contribution >= 4 is 11.3 Å². The van der Waals surface area contributed by atoms with E-state index in [1.807, 2.05) is 11.3 Å². The molecule has 1 heterocycles. The first kappa shape index (κ1) is 13.0. The van der Waals surface area contributed by atoms with Crippen molar-refractivity contribution in [3.05, 3.63) is 16.1 Å². The Balaban J connectivity index is 2.08. The minimum atomic E-state index is 0.170. The van der Waals surface area contributed by atoms with Gasteiger partial charge < -0.3 is 5.32 Å². The van der Waals surface area contributed by atoms with Crippen molar-refractivity contribution in [2.75, 3.05) is 7.05 Å². The van der Waals surface area contributed by atoms with E-state index in [1.54, 1.807) is 0 Å². The van der Waals surface area contributed by atoms with E-state index in [2.05, 4.69) is 31.6 Å². The summed E-state index contributed by atoms with van der Waals surface area (Å²) in [6.45, 7) is 4.39. The topological polar surface area (TPSA) is 24.9 Å². The van der Waals surface area contributed by atoms with Crippen molar-refractivity contribution in [1.82, 2.24) is 10.3 Å². The standard InChI is InChI=1S/C14H24N2S/c1-4-5-12-6-8-14(15-3,9-7-12)13-16-11(2)10-17-13/h10,12,15H,4-9H2,1-3H3. The summed E-state index contributed by atoms with van der Waals surface area (Å²) in [5, 5.41) is 7.03. The Bertz CT molecular complexity index is 351. The molecule has 0 bridgehead atoms. The fraction of sp³-hybridized carbons (Fsp3) is 0.786. The number of aromatic nitrogens is 1. The molecule has 1 fully saturated rings. The van der Waals surface area contributed by atoms with Gasteiger partial charge in [0, 0.05) is 11.1 Å². The summed E-state index contributed by atoms with van der Waals surface area (Å²) in [5.74, 6) is 0.947. The molecule has 1 saturated carbocycles. The highest BCUT2D eigenvalue weighted by Gasteiger charge is 2.37. The first-order valence-corrected chi connectivity index (χ1v) is 7.69. The maximum absolute atomic E-state index is 4.70. The lowest BCUT2D eigenvalue weighted by Crippen LogP contribution is -2.43. The van der Waals surface area contributed by atoms with E-state index in [1.165, 1.54) is 43.5 Å². The van der Waals surface area contributed by atoms with Gasteiger partial charge in [-0.2, -0.15) is 0 Å². The summed E-state index contributed by atoms with van der Waals surface area (Å²) in [7, 11) is 2.09. The van der Waals surface area contributed by atoms with E-state index in [4.69, 9.17) is 4.98 Å². The number of aryl methyl sites for hydroxylation is 1. The third kappa shape index (κ3) is 2.71. The lowest BCUT2D eigenvalue weighted by atomic mass is 9.75. The van der Waals surface area contributed by atoms with Gasteiger partial charge in [-0.1, -0.05) is 19.8 Å². The van der Waals surface area contributed by atoms with Crippen LogP contribution in [0.4, 0.5) is 0 Å². The van der Waals surface area contributed by atoms with Crippen LogP contribution in [0.1, 0.15) is 56.2 Å². The quantitative estimate of drug-likeness (QED) is 0.880. The Morgan fingerprint density at radius 1 is 1.47 bits per heavy atom. The molecule has 3 heteroatoms. The highest BCUT2D eigenvalue weighted by Crippen LogP contribution is 2.41. The highest BCUT2D eigenvalue weighted by atomic mass is 32.1. The lowest BCUT2D eigenvalue weighted by Gasteiger charge is -2.38. The van der Waals surface area contributed by atoms with Gasteiger partial charge in [-0.25, -0.2) is 4.98 Å². The largest absolute Gasteiger partial charge is 0.308 e. The Hall–Kier alpha value is -0.410. The fourth-order valence-electron chi connectivity index (χ4n) is 3.01. The van der Waals surface area contributed by atoms with Crippen LogP contribution in [-0.4, -0.2) is 12.0 Å². The minimum absolute atomic E-state index is 0.170. The van der Waals surface area contributed by atoms with Crippen LogP contribution in [0.15, 0.2) is 5.38 Å². The molecule has 1 aliphatic carbocycles. The van der Waals surface area contributed by atoms with Crippen LogP contribution in [-0.2, 0) is 5.54 Å². The van der Waals surface area contributed by atoms with Gasteiger partial charge in [-0.3, -0.25) is 0 Å². The third-order valence-corrected chi connectivity index (χ3v) is 5.33. The molecular weight excluding hydrogens is 228 g/mol. The molecule has 0 unspecified atom stereocenters. The molecule has 1 aromatic heterocycles. The van der Waals surface area contributed by atoms with Gasteiger partial charge >= 0.3 is 0 Å². The van der Waals surface area contributed by atoms with Crippen LogP contribution in [0, 0.1) is 12.8 Å². The Morgan fingerprint density at radius 3 is 2.65 bits per heavy atom. The van der Waals surface area contributed by atoms with Crippen LogP contribution in [0.3, 0.4) is 0 Å². The summed E-state index contributed by atoms with van der Waals surface area (Å²) >= 11 is 1.82. The van der Waals surface area contributed by atoms with E-state index in [9.17, 15) is 0 Å². The van der Waals surface area contributed by atoms with Gasteiger partial charge in [-0.05, 0) is 45.6 Å². The highest BCUT2D eigenvalue weighted by molar-refractivity contribution is 7.09. The zero-order valence-electron chi connectivity index (χ0n) is 11.3. The van der Waals surface area contributed by atoms with E-state index < -0.39 is 0 Å². The van der Waals surface area contributed by atoms with Crippen molar-refractivity contribution in [3.63, 3.8) is 0 Å². The van der Waals surface area contributed by atoms with Crippen molar-refractivity contribution in [3.8, 4) is 0 Å². The smallest absolute Gasteiger partial charge is 0.113 e.